The third-order valence-electron chi connectivity index (χ3n) is 3.99. The minimum Gasteiger partial charge on any atom is -0.476 e. The Morgan fingerprint density at radius 1 is 1.12 bits per heavy atom. The van der Waals surface area contributed by atoms with Gasteiger partial charge in [0.15, 0.2) is 10.6 Å². The van der Waals surface area contributed by atoms with Crippen LogP contribution in [0.2, 0.25) is 10.0 Å². The van der Waals surface area contributed by atoms with E-state index >= 15 is 0 Å². The van der Waals surface area contributed by atoms with Crippen molar-refractivity contribution in [1.82, 2.24) is 14.7 Å². The van der Waals surface area contributed by atoms with Crippen molar-refractivity contribution in [3.8, 4) is 17.4 Å². The maximum absolute atomic E-state index is 14.6. The van der Waals surface area contributed by atoms with Gasteiger partial charge in [-0.2, -0.15) is 4.39 Å². The molecule has 0 aliphatic rings. The summed E-state index contributed by atoms with van der Waals surface area (Å²) in [5.41, 5.74) is 0.0481. The van der Waals surface area contributed by atoms with E-state index < -0.39 is 32.5 Å². The van der Waals surface area contributed by atoms with Crippen LogP contribution < -0.4 is 14.2 Å². The Kier molecular flexibility index (Phi) is 7.72. The Morgan fingerprint density at radius 2 is 1.82 bits per heavy atom. The molecule has 3 rings (SSSR count). The average Bonchev–Trinajstić information content (AvgIpc) is 2.75. The van der Waals surface area contributed by atoms with Crippen LogP contribution in [0.15, 0.2) is 53.7 Å². The molecule has 1 aromatic carbocycles. The lowest BCUT2D eigenvalue weighted by Gasteiger charge is -2.15. The maximum Gasteiger partial charge on any atom is 0.272 e. The van der Waals surface area contributed by atoms with Crippen molar-refractivity contribution in [3.63, 3.8) is 0 Å². The van der Waals surface area contributed by atoms with Crippen LogP contribution in [0.3, 0.4) is 0 Å². The number of carbonyl (C=O) groups is 1. The van der Waals surface area contributed by atoms with E-state index in [0.29, 0.717) is 6.61 Å². The minimum absolute atomic E-state index is 0.0461. The van der Waals surface area contributed by atoms with Crippen LogP contribution in [0.25, 0.3) is 0 Å². The Morgan fingerprint density at radius 3 is 2.45 bits per heavy atom. The van der Waals surface area contributed by atoms with Gasteiger partial charge in [0.2, 0.25) is 11.8 Å². The standard InChI is InChI=1S/C21H18Cl2FN3O5S/c1-12(2)11-31-21-15(22)8-14(9-26-21)32-17-16(23)10-25-19(24)18(17)33(29,30)27-20(28)13-6-4-3-5-7-13/h3-10,12H,11H2,1-2H3,(H,27,28). The fraction of sp³-hybridized carbons (Fsp3) is 0.190. The number of ether oxygens (including phenoxy) is 2. The van der Waals surface area contributed by atoms with Crippen molar-refractivity contribution in [3.05, 3.63) is 70.3 Å². The molecule has 0 saturated heterocycles. The van der Waals surface area contributed by atoms with E-state index in [4.69, 9.17) is 32.7 Å². The molecule has 1 amide bonds. The van der Waals surface area contributed by atoms with E-state index in [1.807, 2.05) is 13.8 Å². The highest BCUT2D eigenvalue weighted by Gasteiger charge is 2.30. The van der Waals surface area contributed by atoms with Gasteiger partial charge >= 0.3 is 0 Å². The third kappa shape index (κ3) is 6.10. The van der Waals surface area contributed by atoms with Crippen molar-refractivity contribution in [2.24, 2.45) is 5.92 Å². The second kappa shape index (κ2) is 10.3. The van der Waals surface area contributed by atoms with Crippen LogP contribution in [0.4, 0.5) is 4.39 Å². The molecule has 33 heavy (non-hydrogen) atoms. The molecule has 12 heteroatoms. The number of rotatable bonds is 8. The van der Waals surface area contributed by atoms with Crippen molar-refractivity contribution in [1.29, 1.82) is 0 Å². The molecular formula is C21H18Cl2FN3O5S. The van der Waals surface area contributed by atoms with Crippen LogP contribution in [0.5, 0.6) is 17.4 Å². The number of hydrogen-bond donors (Lipinski definition) is 1. The number of aromatic nitrogens is 2. The monoisotopic (exact) mass is 513 g/mol. The molecule has 3 aromatic rings. The fourth-order valence-corrected chi connectivity index (χ4v) is 4.10. The number of nitrogens with zero attached hydrogens (tertiary/aromatic N) is 2. The summed E-state index contributed by atoms with van der Waals surface area (Å²) in [6.45, 7) is 4.27. The van der Waals surface area contributed by atoms with Crippen LogP contribution in [-0.2, 0) is 10.0 Å². The third-order valence-corrected chi connectivity index (χ3v) is 5.87. The SMILES string of the molecule is CC(C)COc1ncc(Oc2c(Cl)cnc(F)c2S(=O)(=O)NC(=O)c2ccccc2)cc1Cl. The van der Waals surface area contributed by atoms with Crippen molar-refractivity contribution >= 4 is 39.1 Å². The predicted molar refractivity (Wildman–Crippen MR) is 120 cm³/mol. The summed E-state index contributed by atoms with van der Waals surface area (Å²) in [7, 11) is -4.77. The van der Waals surface area contributed by atoms with E-state index in [2.05, 4.69) is 9.97 Å². The first-order valence-corrected chi connectivity index (χ1v) is 11.7. The zero-order valence-corrected chi connectivity index (χ0v) is 19.7. The van der Waals surface area contributed by atoms with Crippen LogP contribution in [-0.4, -0.2) is 30.9 Å². The first-order chi connectivity index (χ1) is 15.6. The van der Waals surface area contributed by atoms with Gasteiger partial charge < -0.3 is 9.47 Å². The maximum atomic E-state index is 14.6. The van der Waals surface area contributed by atoms with Gasteiger partial charge in [-0.15, -0.1) is 0 Å². The lowest BCUT2D eigenvalue weighted by molar-refractivity contribution is 0.0981. The van der Waals surface area contributed by atoms with Gasteiger partial charge in [-0.05, 0) is 18.1 Å². The van der Waals surface area contributed by atoms with Gasteiger partial charge in [0.05, 0.1) is 19.0 Å². The average molecular weight is 514 g/mol. The molecule has 0 fully saturated rings. The number of nitrogens with one attached hydrogen (secondary N) is 1. The number of hydrogen-bond acceptors (Lipinski definition) is 7. The molecule has 0 spiro atoms. The predicted octanol–water partition coefficient (Wildman–Crippen LogP) is 4.87. The molecule has 0 saturated carbocycles. The summed E-state index contributed by atoms with van der Waals surface area (Å²) in [4.78, 5) is 18.7. The Balaban J connectivity index is 1.94. The highest BCUT2D eigenvalue weighted by Crippen LogP contribution is 2.38. The number of benzene rings is 1. The van der Waals surface area contributed by atoms with Gasteiger partial charge in [0.25, 0.3) is 15.9 Å². The molecule has 2 heterocycles. The molecule has 0 aliphatic heterocycles. The first kappa shape index (κ1) is 24.7. The summed E-state index contributed by atoms with van der Waals surface area (Å²) in [5.74, 6) is -2.65. The van der Waals surface area contributed by atoms with E-state index in [1.54, 1.807) is 22.9 Å². The normalized spacial score (nSPS) is 11.3. The largest absolute Gasteiger partial charge is 0.476 e. The summed E-state index contributed by atoms with van der Waals surface area (Å²) in [6, 6.07) is 8.83. The Hall–Kier alpha value is -2.95. The second-order valence-corrected chi connectivity index (χ2v) is 9.55. The van der Waals surface area contributed by atoms with Gasteiger partial charge in [-0.25, -0.2) is 23.1 Å². The lowest BCUT2D eigenvalue weighted by atomic mass is 10.2. The fourth-order valence-electron chi connectivity index (χ4n) is 2.52. The molecule has 8 nitrogen and oxygen atoms in total. The van der Waals surface area contributed by atoms with Crippen LogP contribution in [0, 0.1) is 11.9 Å². The summed E-state index contributed by atoms with van der Waals surface area (Å²) in [6.07, 6.45) is 2.08. The topological polar surface area (TPSA) is 107 Å². The molecule has 0 radical (unpaired) electrons. The van der Waals surface area contributed by atoms with Gasteiger partial charge in [-0.1, -0.05) is 55.2 Å². The highest BCUT2D eigenvalue weighted by atomic mass is 35.5. The number of amides is 1. The quantitative estimate of drug-likeness (QED) is 0.428. The zero-order valence-electron chi connectivity index (χ0n) is 17.4. The first-order valence-electron chi connectivity index (χ1n) is 9.51. The van der Waals surface area contributed by atoms with Gasteiger partial charge in [0, 0.05) is 11.6 Å². The molecule has 0 unspecified atom stereocenters. The lowest BCUT2D eigenvalue weighted by Crippen LogP contribution is -2.31. The van der Waals surface area contributed by atoms with E-state index in [0.717, 1.165) is 6.20 Å². The van der Waals surface area contributed by atoms with E-state index in [9.17, 15) is 17.6 Å². The van der Waals surface area contributed by atoms with Crippen molar-refractivity contribution in [2.75, 3.05) is 6.61 Å². The Labute approximate surface area is 199 Å². The zero-order chi connectivity index (χ0) is 24.2. The number of carbonyl (C=O) groups excluding carboxylic acids is 1. The molecule has 2 aromatic heterocycles. The van der Waals surface area contributed by atoms with E-state index in [-0.39, 0.29) is 33.2 Å². The van der Waals surface area contributed by atoms with Crippen molar-refractivity contribution < 1.29 is 27.1 Å². The van der Waals surface area contributed by atoms with E-state index in [1.165, 1.54) is 24.4 Å². The smallest absolute Gasteiger partial charge is 0.272 e. The van der Waals surface area contributed by atoms with Gasteiger partial charge in [0.1, 0.15) is 15.8 Å². The summed E-state index contributed by atoms with van der Waals surface area (Å²) < 4.78 is 53.0. The van der Waals surface area contributed by atoms with Crippen molar-refractivity contribution in [2.45, 2.75) is 18.7 Å². The number of sulfonamides is 1. The summed E-state index contributed by atoms with van der Waals surface area (Å²) >= 11 is 12.2. The molecule has 174 valence electrons. The second-order valence-electron chi connectivity index (χ2n) is 7.12. The molecule has 0 atom stereocenters. The van der Waals surface area contributed by atoms with Gasteiger partial charge in [-0.3, -0.25) is 4.79 Å². The highest BCUT2D eigenvalue weighted by molar-refractivity contribution is 7.90. The molecular weight excluding hydrogens is 496 g/mol. The Bertz CT molecular complexity index is 1270. The molecule has 1 N–H and O–H groups in total. The number of halogens is 3. The number of pyridine rings is 2. The van der Waals surface area contributed by atoms with Crippen LogP contribution >= 0.6 is 23.2 Å². The van der Waals surface area contributed by atoms with Crippen LogP contribution in [0.1, 0.15) is 24.2 Å². The molecule has 0 aliphatic carbocycles. The summed E-state index contributed by atoms with van der Waals surface area (Å²) in [5, 5.41) is -0.235. The molecule has 0 bridgehead atoms. The minimum atomic E-state index is -4.77.